The van der Waals surface area contributed by atoms with E-state index in [1.807, 2.05) is 50.3 Å². The fourth-order valence-corrected chi connectivity index (χ4v) is 2.98. The van der Waals surface area contributed by atoms with Crippen molar-refractivity contribution in [1.82, 2.24) is 4.98 Å². The predicted octanol–water partition coefficient (Wildman–Crippen LogP) is 4.60. The highest BCUT2D eigenvalue weighted by molar-refractivity contribution is 5.81. The van der Waals surface area contributed by atoms with Crippen molar-refractivity contribution in [2.75, 3.05) is 6.61 Å². The summed E-state index contributed by atoms with van der Waals surface area (Å²) in [6.45, 7) is 7.94. The zero-order valence-electron chi connectivity index (χ0n) is 16.5. The van der Waals surface area contributed by atoms with Crippen LogP contribution in [0.15, 0.2) is 72.5 Å². The summed E-state index contributed by atoms with van der Waals surface area (Å²) in [5.74, 6) is 0.380. The van der Waals surface area contributed by atoms with Gasteiger partial charge in [0.2, 0.25) is 0 Å². The minimum absolute atomic E-state index is 0.140. The van der Waals surface area contributed by atoms with E-state index in [0.717, 1.165) is 16.8 Å². The third-order valence-corrected chi connectivity index (χ3v) is 4.69. The number of aromatic hydroxyl groups is 1. The number of pyridine rings is 1. The number of aliphatic hydroxyl groups excluding tert-OH is 2. The molecule has 2 rings (SSSR count). The Morgan fingerprint density at radius 2 is 1.86 bits per heavy atom. The molecule has 148 valence electrons. The van der Waals surface area contributed by atoms with Gasteiger partial charge < -0.3 is 15.3 Å². The van der Waals surface area contributed by atoms with Crippen molar-refractivity contribution in [1.29, 1.82) is 0 Å². The molecule has 1 atom stereocenters. The van der Waals surface area contributed by atoms with Gasteiger partial charge >= 0.3 is 0 Å². The van der Waals surface area contributed by atoms with Crippen LogP contribution in [0.2, 0.25) is 0 Å². The van der Waals surface area contributed by atoms with E-state index in [4.69, 9.17) is 0 Å². The summed E-state index contributed by atoms with van der Waals surface area (Å²) in [7, 11) is 0. The van der Waals surface area contributed by atoms with Gasteiger partial charge in [-0.05, 0) is 59.8 Å². The Balaban J connectivity index is 2.27. The van der Waals surface area contributed by atoms with Gasteiger partial charge in [0.25, 0.3) is 0 Å². The fraction of sp³-hybridized carbons (Fsp3) is 0.292. The van der Waals surface area contributed by atoms with E-state index in [0.29, 0.717) is 24.0 Å². The Labute approximate surface area is 167 Å². The minimum atomic E-state index is -0.737. The van der Waals surface area contributed by atoms with Crippen LogP contribution in [-0.4, -0.2) is 33.0 Å². The average Bonchev–Trinajstić information content (AvgIpc) is 2.70. The first-order valence-electron chi connectivity index (χ1n) is 9.52. The average molecular weight is 380 g/mol. The molecule has 0 radical (unpaired) electrons. The lowest BCUT2D eigenvalue weighted by molar-refractivity contribution is 0.201. The number of phenolic OH excluding ortho intramolecular Hbond substituents is 1. The minimum Gasteiger partial charge on any atom is -0.507 e. The molecule has 0 aliphatic heterocycles. The molecule has 4 heteroatoms. The molecule has 0 spiro atoms. The summed E-state index contributed by atoms with van der Waals surface area (Å²) in [5, 5.41) is 30.2. The van der Waals surface area contributed by atoms with Gasteiger partial charge in [-0.25, -0.2) is 0 Å². The molecule has 1 unspecified atom stereocenters. The van der Waals surface area contributed by atoms with Gasteiger partial charge in [-0.1, -0.05) is 50.8 Å². The van der Waals surface area contributed by atoms with Gasteiger partial charge in [-0.3, -0.25) is 4.98 Å². The van der Waals surface area contributed by atoms with Gasteiger partial charge in [0.1, 0.15) is 5.75 Å². The van der Waals surface area contributed by atoms with Gasteiger partial charge in [0.05, 0.1) is 18.4 Å². The standard InChI is InChI=1S/C24H29NO3/c1-17(2)18(3)21(13-15-26)24(28)12-11-19(22-9-6-7-14-25-22)16-20-8-4-5-10-23(20)27/h4-10,13-14,16-17,24,26-28H,3,11-12,15H2,1-2H3/b19-16-,21-13-. The highest BCUT2D eigenvalue weighted by atomic mass is 16.3. The summed E-state index contributed by atoms with van der Waals surface area (Å²) in [4.78, 5) is 4.42. The Hall–Kier alpha value is -2.69. The van der Waals surface area contributed by atoms with E-state index in [-0.39, 0.29) is 18.3 Å². The van der Waals surface area contributed by atoms with Crippen LogP contribution in [0.25, 0.3) is 11.6 Å². The fourth-order valence-electron chi connectivity index (χ4n) is 2.98. The van der Waals surface area contributed by atoms with Crippen molar-refractivity contribution in [2.45, 2.75) is 32.8 Å². The van der Waals surface area contributed by atoms with Crippen LogP contribution in [0.5, 0.6) is 5.75 Å². The lowest BCUT2D eigenvalue weighted by Crippen LogP contribution is -2.15. The molecular weight excluding hydrogens is 350 g/mol. The van der Waals surface area contributed by atoms with Crippen molar-refractivity contribution in [3.8, 4) is 5.75 Å². The number of rotatable bonds is 9. The third kappa shape index (κ3) is 5.91. The maximum Gasteiger partial charge on any atom is 0.122 e. The molecule has 3 N–H and O–H groups in total. The van der Waals surface area contributed by atoms with Crippen molar-refractivity contribution in [2.24, 2.45) is 5.92 Å². The molecule has 4 nitrogen and oxygen atoms in total. The highest BCUT2D eigenvalue weighted by Crippen LogP contribution is 2.29. The molecular formula is C24H29NO3. The first-order valence-corrected chi connectivity index (χ1v) is 9.52. The summed E-state index contributed by atoms with van der Waals surface area (Å²) < 4.78 is 0. The van der Waals surface area contributed by atoms with Crippen LogP contribution in [-0.2, 0) is 0 Å². The van der Waals surface area contributed by atoms with Gasteiger partial charge in [0.15, 0.2) is 0 Å². The smallest absolute Gasteiger partial charge is 0.122 e. The number of benzene rings is 1. The normalized spacial score (nSPS) is 13.6. The second kappa shape index (κ2) is 10.6. The van der Waals surface area contributed by atoms with E-state index in [1.54, 1.807) is 24.4 Å². The number of hydrogen-bond acceptors (Lipinski definition) is 4. The first kappa shape index (κ1) is 21.6. The number of aliphatic hydroxyl groups is 2. The molecule has 0 fully saturated rings. The first-order chi connectivity index (χ1) is 13.4. The van der Waals surface area contributed by atoms with Crippen LogP contribution in [0.4, 0.5) is 0 Å². The van der Waals surface area contributed by atoms with Gasteiger partial charge in [-0.15, -0.1) is 0 Å². The van der Waals surface area contributed by atoms with E-state index < -0.39 is 6.10 Å². The molecule has 0 aliphatic carbocycles. The van der Waals surface area contributed by atoms with Crippen molar-refractivity contribution in [3.05, 3.63) is 83.7 Å². The number of nitrogens with zero attached hydrogens (tertiary/aromatic N) is 1. The molecule has 0 aliphatic rings. The molecule has 2 aromatic rings. The molecule has 1 aromatic carbocycles. The molecule has 1 aromatic heterocycles. The van der Waals surface area contributed by atoms with E-state index in [2.05, 4.69) is 11.6 Å². The van der Waals surface area contributed by atoms with Gasteiger partial charge in [-0.2, -0.15) is 0 Å². The largest absolute Gasteiger partial charge is 0.507 e. The number of phenols is 1. The van der Waals surface area contributed by atoms with Crippen molar-refractivity contribution < 1.29 is 15.3 Å². The quantitative estimate of drug-likeness (QED) is 0.557. The van der Waals surface area contributed by atoms with Crippen molar-refractivity contribution >= 4 is 11.6 Å². The Bertz CT molecular complexity index is 838. The summed E-state index contributed by atoms with van der Waals surface area (Å²) >= 11 is 0. The monoisotopic (exact) mass is 379 g/mol. The Morgan fingerprint density at radius 1 is 1.14 bits per heavy atom. The van der Waals surface area contributed by atoms with Crippen LogP contribution in [0.3, 0.4) is 0 Å². The van der Waals surface area contributed by atoms with Crippen LogP contribution in [0, 0.1) is 5.92 Å². The predicted molar refractivity (Wildman–Crippen MR) is 115 cm³/mol. The summed E-state index contributed by atoms with van der Waals surface area (Å²) in [6.07, 6.45) is 5.52. The third-order valence-electron chi connectivity index (χ3n) is 4.69. The van der Waals surface area contributed by atoms with E-state index >= 15 is 0 Å². The molecule has 0 saturated heterocycles. The van der Waals surface area contributed by atoms with Gasteiger partial charge in [0, 0.05) is 11.8 Å². The number of aromatic nitrogens is 1. The second-order valence-corrected chi connectivity index (χ2v) is 7.02. The molecule has 0 saturated carbocycles. The van der Waals surface area contributed by atoms with Crippen LogP contribution >= 0.6 is 0 Å². The maximum absolute atomic E-state index is 10.7. The summed E-state index contributed by atoms with van der Waals surface area (Å²) in [5.41, 5.74) is 3.93. The highest BCUT2D eigenvalue weighted by Gasteiger charge is 2.17. The topological polar surface area (TPSA) is 73.6 Å². The molecule has 0 bridgehead atoms. The number of allylic oxidation sites excluding steroid dienone is 1. The lowest BCUT2D eigenvalue weighted by Gasteiger charge is -2.20. The Morgan fingerprint density at radius 3 is 2.46 bits per heavy atom. The molecule has 28 heavy (non-hydrogen) atoms. The maximum atomic E-state index is 10.7. The number of para-hydroxylation sites is 1. The molecule has 0 amide bonds. The van der Waals surface area contributed by atoms with Crippen molar-refractivity contribution in [3.63, 3.8) is 0 Å². The van der Waals surface area contributed by atoms with Crippen LogP contribution in [0.1, 0.15) is 37.9 Å². The number of hydrogen-bond donors (Lipinski definition) is 3. The molecule has 1 heterocycles. The lowest BCUT2D eigenvalue weighted by atomic mass is 9.89. The van der Waals surface area contributed by atoms with E-state index in [9.17, 15) is 15.3 Å². The Kier molecular flexibility index (Phi) is 8.18. The second-order valence-electron chi connectivity index (χ2n) is 7.02. The zero-order chi connectivity index (χ0) is 20.5. The zero-order valence-corrected chi connectivity index (χ0v) is 16.5. The summed E-state index contributed by atoms with van der Waals surface area (Å²) in [6, 6.07) is 12.8. The van der Waals surface area contributed by atoms with E-state index in [1.165, 1.54) is 0 Å². The van der Waals surface area contributed by atoms with Crippen LogP contribution < -0.4 is 0 Å². The SMILES string of the molecule is C=C(/C(=C/CO)C(O)CC/C(=C/c1ccccc1O)c1ccccn1)C(C)C.